The first kappa shape index (κ1) is 10.9. The average Bonchev–Trinajstić information content (AvgIpc) is 2.35. The number of nitrogens with one attached hydrogen (secondary N) is 1. The molecule has 1 aromatic rings. The topological polar surface area (TPSA) is 46.2 Å². The van der Waals surface area contributed by atoms with Crippen molar-refractivity contribution in [2.45, 2.75) is 0 Å². The molecule has 0 radical (unpaired) electrons. The molecule has 2 amide bonds. The number of benzene rings is 1. The molecule has 1 heterocycles. The number of imide groups is 1. The van der Waals surface area contributed by atoms with E-state index in [1.165, 1.54) is 0 Å². The fourth-order valence-corrected chi connectivity index (χ4v) is 1.19. The zero-order valence-corrected chi connectivity index (χ0v) is 7.23. The molecule has 0 spiro atoms. The van der Waals surface area contributed by atoms with E-state index in [0.29, 0.717) is 0 Å². The van der Waals surface area contributed by atoms with E-state index in [1.54, 1.807) is 0 Å². The van der Waals surface area contributed by atoms with Crippen molar-refractivity contribution in [2.75, 3.05) is 0 Å². The van der Waals surface area contributed by atoms with Gasteiger partial charge >= 0.3 is 18.9 Å². The van der Waals surface area contributed by atoms with Crippen molar-refractivity contribution in [1.29, 1.82) is 0 Å². The van der Waals surface area contributed by atoms with Gasteiger partial charge in [0.2, 0.25) is 0 Å². The van der Waals surface area contributed by atoms with Gasteiger partial charge in [0.05, 0.1) is 11.1 Å². The van der Waals surface area contributed by atoms with E-state index in [1.807, 2.05) is 5.32 Å². The Kier molecular flexibility index (Phi) is 2.74. The van der Waals surface area contributed by atoms with Crippen LogP contribution in [0, 0.1) is 11.6 Å². The molecule has 6 heteroatoms. The molecular formula is C8H4F2LiNO2. The van der Waals surface area contributed by atoms with E-state index >= 15 is 0 Å². The van der Waals surface area contributed by atoms with Crippen molar-refractivity contribution in [2.24, 2.45) is 0 Å². The van der Waals surface area contributed by atoms with Crippen molar-refractivity contribution in [3.63, 3.8) is 0 Å². The van der Waals surface area contributed by atoms with Gasteiger partial charge in [-0.3, -0.25) is 14.9 Å². The SMILES string of the molecule is O=C1NC(=O)c2c1ccc(F)c2F.[H-].[Li+]. The quantitative estimate of drug-likeness (QED) is 0.379. The molecule has 2 rings (SSSR count). The fraction of sp³-hybridized carbons (Fsp3) is 0. The van der Waals surface area contributed by atoms with Gasteiger partial charge in [0.15, 0.2) is 11.6 Å². The molecule has 0 saturated carbocycles. The van der Waals surface area contributed by atoms with E-state index in [2.05, 4.69) is 0 Å². The molecule has 0 saturated heterocycles. The Bertz CT molecular complexity index is 439. The summed E-state index contributed by atoms with van der Waals surface area (Å²) >= 11 is 0. The number of carbonyl (C=O) groups is 2. The van der Waals surface area contributed by atoms with Crippen molar-refractivity contribution < 1.29 is 38.7 Å². The molecule has 0 bridgehead atoms. The first-order valence-electron chi connectivity index (χ1n) is 3.45. The third kappa shape index (κ3) is 1.35. The summed E-state index contributed by atoms with van der Waals surface area (Å²) in [6, 6.07) is 1.89. The summed E-state index contributed by atoms with van der Waals surface area (Å²) in [6.45, 7) is 0. The molecule has 1 aliphatic rings. The summed E-state index contributed by atoms with van der Waals surface area (Å²) < 4.78 is 25.5. The Labute approximate surface area is 91.1 Å². The Morgan fingerprint density at radius 2 is 1.79 bits per heavy atom. The maximum Gasteiger partial charge on any atom is 1.00 e. The molecule has 3 nitrogen and oxygen atoms in total. The maximum absolute atomic E-state index is 12.9. The molecule has 0 aliphatic carbocycles. The van der Waals surface area contributed by atoms with Gasteiger partial charge < -0.3 is 1.43 Å². The Balaban J connectivity index is 0.000000980. The Morgan fingerprint density at radius 1 is 1.14 bits per heavy atom. The smallest absolute Gasteiger partial charge is 1.00 e. The first-order chi connectivity index (χ1) is 6.11. The predicted molar refractivity (Wildman–Crippen MR) is 39.3 cm³/mol. The van der Waals surface area contributed by atoms with Gasteiger partial charge in [0.1, 0.15) is 0 Å². The van der Waals surface area contributed by atoms with Crippen LogP contribution >= 0.6 is 0 Å². The number of hydrogen-bond donors (Lipinski definition) is 1. The summed E-state index contributed by atoms with van der Waals surface area (Å²) in [5.74, 6) is -4.00. The van der Waals surface area contributed by atoms with Crippen LogP contribution in [0.1, 0.15) is 22.1 Å². The van der Waals surface area contributed by atoms with Crippen LogP contribution < -0.4 is 24.2 Å². The summed E-state index contributed by atoms with van der Waals surface area (Å²) in [5, 5.41) is 1.87. The molecule has 1 aliphatic heterocycles. The standard InChI is InChI=1S/C8H3F2NO2.Li.H/c9-4-2-1-3-5(6(4)10)8(13)11-7(3)12;;/h1-2H,(H,11,12,13);;/q;+1;-1. The monoisotopic (exact) mass is 191 g/mol. The van der Waals surface area contributed by atoms with Gasteiger partial charge in [0, 0.05) is 0 Å². The van der Waals surface area contributed by atoms with E-state index in [-0.39, 0.29) is 25.9 Å². The molecule has 1 aromatic carbocycles. The minimum Gasteiger partial charge on any atom is -1.00 e. The van der Waals surface area contributed by atoms with E-state index < -0.39 is 29.0 Å². The summed E-state index contributed by atoms with van der Waals surface area (Å²) in [6.07, 6.45) is 0. The van der Waals surface area contributed by atoms with Crippen LogP contribution in [-0.2, 0) is 0 Å². The Morgan fingerprint density at radius 3 is 2.43 bits per heavy atom. The van der Waals surface area contributed by atoms with Crippen LogP contribution in [0.4, 0.5) is 8.78 Å². The van der Waals surface area contributed by atoms with Crippen molar-refractivity contribution in [1.82, 2.24) is 5.32 Å². The van der Waals surface area contributed by atoms with Crippen LogP contribution in [0.3, 0.4) is 0 Å². The second kappa shape index (κ2) is 3.52. The molecule has 68 valence electrons. The van der Waals surface area contributed by atoms with Crippen LogP contribution in [0.2, 0.25) is 0 Å². The molecule has 0 unspecified atom stereocenters. The molecule has 1 N–H and O–H groups in total. The maximum atomic E-state index is 12.9. The predicted octanol–water partition coefficient (Wildman–Crippen LogP) is -2.04. The van der Waals surface area contributed by atoms with Crippen LogP contribution in [-0.4, -0.2) is 11.8 Å². The fourth-order valence-electron chi connectivity index (χ4n) is 1.19. The van der Waals surface area contributed by atoms with Gasteiger partial charge in [-0.1, -0.05) is 0 Å². The van der Waals surface area contributed by atoms with Gasteiger partial charge in [-0.05, 0) is 12.1 Å². The number of hydrogen-bond acceptors (Lipinski definition) is 2. The van der Waals surface area contributed by atoms with Gasteiger partial charge in [0.25, 0.3) is 11.8 Å². The molecule has 14 heavy (non-hydrogen) atoms. The molecule has 0 fully saturated rings. The van der Waals surface area contributed by atoms with Crippen molar-refractivity contribution >= 4 is 11.8 Å². The molecule has 0 atom stereocenters. The number of rotatable bonds is 0. The van der Waals surface area contributed by atoms with Gasteiger partial charge in [-0.15, -0.1) is 0 Å². The largest absolute Gasteiger partial charge is 1.00 e. The van der Waals surface area contributed by atoms with E-state index in [9.17, 15) is 18.4 Å². The third-order valence-electron chi connectivity index (χ3n) is 1.79. The summed E-state index contributed by atoms with van der Waals surface area (Å²) in [4.78, 5) is 21.8. The summed E-state index contributed by atoms with van der Waals surface area (Å²) in [7, 11) is 0. The minimum atomic E-state index is -1.28. The molecule has 0 aromatic heterocycles. The first-order valence-corrected chi connectivity index (χ1v) is 3.45. The Hall–Kier alpha value is -1.18. The van der Waals surface area contributed by atoms with E-state index in [4.69, 9.17) is 0 Å². The van der Waals surface area contributed by atoms with Crippen molar-refractivity contribution in [3.8, 4) is 0 Å². The summed E-state index contributed by atoms with van der Waals surface area (Å²) in [5.41, 5.74) is -0.631. The van der Waals surface area contributed by atoms with Gasteiger partial charge in [-0.2, -0.15) is 0 Å². The second-order valence-corrected chi connectivity index (χ2v) is 2.57. The number of halogens is 2. The van der Waals surface area contributed by atoms with Crippen LogP contribution in [0.15, 0.2) is 12.1 Å². The third-order valence-corrected chi connectivity index (χ3v) is 1.79. The molecular weight excluding hydrogens is 187 g/mol. The van der Waals surface area contributed by atoms with Crippen LogP contribution in [0.25, 0.3) is 0 Å². The minimum absolute atomic E-state index is 0. The second-order valence-electron chi connectivity index (χ2n) is 2.57. The zero-order valence-electron chi connectivity index (χ0n) is 8.23. The number of amides is 2. The number of carbonyl (C=O) groups excluding carboxylic acids is 2. The average molecular weight is 191 g/mol. The normalized spacial score (nSPS) is 13.3. The number of fused-ring (bicyclic) bond motifs is 1. The van der Waals surface area contributed by atoms with Gasteiger partial charge in [-0.25, -0.2) is 8.78 Å². The van der Waals surface area contributed by atoms with Crippen LogP contribution in [0.5, 0.6) is 0 Å². The zero-order chi connectivity index (χ0) is 9.59. The van der Waals surface area contributed by atoms with E-state index in [0.717, 1.165) is 12.1 Å². The van der Waals surface area contributed by atoms with Crippen molar-refractivity contribution in [3.05, 3.63) is 34.9 Å².